The van der Waals surface area contributed by atoms with Gasteiger partial charge in [-0.2, -0.15) is 0 Å². The molecule has 0 radical (unpaired) electrons. The number of hydrogen-bond donors (Lipinski definition) is 4. The van der Waals surface area contributed by atoms with E-state index < -0.39 is 23.0 Å². The minimum absolute atomic E-state index is 0.0102. The largest absolute Gasteiger partial charge is 0.493 e. The van der Waals surface area contributed by atoms with Gasteiger partial charge < -0.3 is 31.2 Å². The maximum absolute atomic E-state index is 13.4. The molecule has 10 nitrogen and oxygen atoms in total. The molecule has 4 rings (SSSR count). The maximum atomic E-state index is 13.4. The molecule has 0 bridgehead atoms. The zero-order valence-corrected chi connectivity index (χ0v) is 25.6. The molecule has 0 aromatic heterocycles. The first-order valence-electron chi connectivity index (χ1n) is 13.8. The Morgan fingerprint density at radius 1 is 0.800 bits per heavy atom. The highest BCUT2D eigenvalue weighted by molar-refractivity contribution is 8.00. The van der Waals surface area contributed by atoms with Crippen LogP contribution in [-0.4, -0.2) is 43.1 Å². The highest BCUT2D eigenvalue weighted by Gasteiger charge is 2.19. The molecule has 45 heavy (non-hydrogen) atoms. The fraction of sp³-hybridized carbons (Fsp3) is 0.118. The predicted octanol–water partition coefficient (Wildman–Crippen LogP) is 5.33. The summed E-state index contributed by atoms with van der Waals surface area (Å²) in [6.07, 6.45) is 1.54. The van der Waals surface area contributed by atoms with Crippen molar-refractivity contribution in [2.24, 2.45) is 5.73 Å². The molecular formula is C34H32N4O6S. The van der Waals surface area contributed by atoms with E-state index in [1.54, 1.807) is 110 Å². The van der Waals surface area contributed by atoms with Crippen LogP contribution in [0.2, 0.25) is 0 Å². The number of methoxy groups -OCH3 is 2. The molecule has 4 amide bonds. The number of carbonyl (C=O) groups excluding carboxylic acids is 4. The Kier molecular flexibility index (Phi) is 11.0. The summed E-state index contributed by atoms with van der Waals surface area (Å²) in [5.74, 6) is -0.941. The number of anilines is 2. The molecule has 11 heteroatoms. The van der Waals surface area contributed by atoms with E-state index in [1.165, 1.54) is 26.0 Å². The summed E-state index contributed by atoms with van der Waals surface area (Å²) in [6, 6.07) is 27.1. The van der Waals surface area contributed by atoms with Gasteiger partial charge in [0.25, 0.3) is 17.7 Å². The first kappa shape index (κ1) is 32.4. The number of ether oxygens (including phenoxy) is 2. The molecule has 0 saturated carbocycles. The van der Waals surface area contributed by atoms with E-state index in [0.717, 1.165) is 4.90 Å². The van der Waals surface area contributed by atoms with Crippen molar-refractivity contribution in [3.8, 4) is 11.5 Å². The molecule has 4 aromatic rings. The molecule has 0 aliphatic rings. The average Bonchev–Trinajstić information content (AvgIpc) is 3.05. The topological polar surface area (TPSA) is 149 Å². The Morgan fingerprint density at radius 2 is 1.47 bits per heavy atom. The van der Waals surface area contributed by atoms with Crippen LogP contribution in [0, 0.1) is 0 Å². The molecule has 0 heterocycles. The zero-order valence-electron chi connectivity index (χ0n) is 24.8. The molecule has 230 valence electrons. The van der Waals surface area contributed by atoms with Crippen LogP contribution >= 0.6 is 11.8 Å². The van der Waals surface area contributed by atoms with Crippen LogP contribution < -0.4 is 31.2 Å². The Labute approximate surface area is 265 Å². The second-order valence-electron chi connectivity index (χ2n) is 9.63. The van der Waals surface area contributed by atoms with Crippen LogP contribution in [0.5, 0.6) is 11.5 Å². The monoisotopic (exact) mass is 624 g/mol. The fourth-order valence-electron chi connectivity index (χ4n) is 4.17. The van der Waals surface area contributed by atoms with Gasteiger partial charge in [-0.25, -0.2) is 0 Å². The van der Waals surface area contributed by atoms with Crippen LogP contribution in [0.15, 0.2) is 108 Å². The van der Waals surface area contributed by atoms with Crippen LogP contribution in [0.3, 0.4) is 0 Å². The first-order valence-corrected chi connectivity index (χ1v) is 14.6. The summed E-state index contributed by atoms with van der Waals surface area (Å²) in [5.41, 5.74) is 7.45. The van der Waals surface area contributed by atoms with Gasteiger partial charge in [-0.1, -0.05) is 36.4 Å². The standard InChI is InChI=1S/C34H32N4O6S/c1-21(32(40)37-27-12-8-7-11-26(27)31(35)39)45-25-16-14-24(15-17-25)36-34(42)28(38-33(41)23-9-5-4-6-10-23)19-22-13-18-29(43-2)30(20-22)44-3/h4-21H,1-3H3,(H2,35,39)(H,36,42)(H,37,40)(H,38,41)/b28-19-. The number of thioether (sulfide) groups is 1. The van der Waals surface area contributed by atoms with E-state index in [0.29, 0.717) is 34.0 Å². The summed E-state index contributed by atoms with van der Waals surface area (Å²) in [7, 11) is 3.03. The van der Waals surface area contributed by atoms with Crippen molar-refractivity contribution in [1.82, 2.24) is 5.32 Å². The van der Waals surface area contributed by atoms with Gasteiger partial charge in [0.1, 0.15) is 5.70 Å². The van der Waals surface area contributed by atoms with Crippen LogP contribution in [0.25, 0.3) is 6.08 Å². The van der Waals surface area contributed by atoms with Gasteiger partial charge in [0, 0.05) is 16.1 Å². The number of rotatable bonds is 12. The number of benzene rings is 4. The SMILES string of the molecule is COc1ccc(/C=C(\NC(=O)c2ccccc2)C(=O)Nc2ccc(SC(C)C(=O)Nc3ccccc3C(N)=O)cc2)cc1OC. The van der Waals surface area contributed by atoms with Crippen LogP contribution in [0.1, 0.15) is 33.2 Å². The minimum atomic E-state index is -0.634. The van der Waals surface area contributed by atoms with E-state index in [2.05, 4.69) is 16.0 Å². The van der Waals surface area contributed by atoms with E-state index in [9.17, 15) is 19.2 Å². The number of nitrogens with two attached hydrogens (primary N) is 1. The molecule has 0 spiro atoms. The molecule has 1 unspecified atom stereocenters. The van der Waals surface area contributed by atoms with Gasteiger partial charge in [-0.05, 0) is 79.2 Å². The van der Waals surface area contributed by atoms with Gasteiger partial charge in [0.2, 0.25) is 5.91 Å². The van der Waals surface area contributed by atoms with Crippen molar-refractivity contribution in [1.29, 1.82) is 0 Å². The number of para-hydroxylation sites is 1. The molecule has 0 fully saturated rings. The van der Waals surface area contributed by atoms with E-state index in [1.807, 2.05) is 0 Å². The number of amides is 4. The quantitative estimate of drug-likeness (QED) is 0.123. The lowest BCUT2D eigenvalue weighted by atomic mass is 10.1. The third-order valence-corrected chi connectivity index (χ3v) is 7.60. The summed E-state index contributed by atoms with van der Waals surface area (Å²) in [6.45, 7) is 1.74. The van der Waals surface area contributed by atoms with Crippen molar-refractivity contribution in [2.75, 3.05) is 24.9 Å². The second kappa shape index (κ2) is 15.3. The average molecular weight is 625 g/mol. The summed E-state index contributed by atoms with van der Waals surface area (Å²) in [5, 5.41) is 7.77. The smallest absolute Gasteiger partial charge is 0.272 e. The molecule has 0 saturated heterocycles. The van der Waals surface area contributed by atoms with Gasteiger partial charge >= 0.3 is 0 Å². The fourth-order valence-corrected chi connectivity index (χ4v) is 5.03. The summed E-state index contributed by atoms with van der Waals surface area (Å²) < 4.78 is 10.7. The second-order valence-corrected chi connectivity index (χ2v) is 11.0. The molecule has 5 N–H and O–H groups in total. The Bertz CT molecular complexity index is 1720. The van der Waals surface area contributed by atoms with E-state index >= 15 is 0 Å². The highest BCUT2D eigenvalue weighted by Crippen LogP contribution is 2.29. The van der Waals surface area contributed by atoms with Crippen molar-refractivity contribution in [3.63, 3.8) is 0 Å². The van der Waals surface area contributed by atoms with Crippen LogP contribution in [-0.2, 0) is 9.59 Å². The van der Waals surface area contributed by atoms with E-state index in [-0.39, 0.29) is 17.2 Å². The third-order valence-electron chi connectivity index (χ3n) is 6.49. The summed E-state index contributed by atoms with van der Waals surface area (Å²) in [4.78, 5) is 51.6. The number of carbonyl (C=O) groups is 4. The normalized spacial score (nSPS) is 11.6. The lowest BCUT2D eigenvalue weighted by Gasteiger charge is -2.14. The number of hydrogen-bond acceptors (Lipinski definition) is 7. The Hall–Kier alpha value is -5.55. The lowest BCUT2D eigenvalue weighted by Crippen LogP contribution is -2.30. The molecule has 1 atom stereocenters. The highest BCUT2D eigenvalue weighted by atomic mass is 32.2. The van der Waals surface area contributed by atoms with Crippen molar-refractivity contribution < 1.29 is 28.7 Å². The van der Waals surface area contributed by atoms with Crippen molar-refractivity contribution >= 4 is 52.8 Å². The predicted molar refractivity (Wildman–Crippen MR) is 175 cm³/mol. The van der Waals surface area contributed by atoms with Crippen molar-refractivity contribution in [3.05, 3.63) is 119 Å². The van der Waals surface area contributed by atoms with Gasteiger partial charge in [0.15, 0.2) is 11.5 Å². The minimum Gasteiger partial charge on any atom is -0.493 e. The molecule has 4 aromatic carbocycles. The van der Waals surface area contributed by atoms with Crippen LogP contribution in [0.4, 0.5) is 11.4 Å². The zero-order chi connectivity index (χ0) is 32.3. The third kappa shape index (κ3) is 8.74. The summed E-state index contributed by atoms with van der Waals surface area (Å²) >= 11 is 1.30. The molecule has 0 aliphatic heterocycles. The maximum Gasteiger partial charge on any atom is 0.272 e. The first-order chi connectivity index (χ1) is 21.7. The number of nitrogens with one attached hydrogen (secondary N) is 3. The Balaban J connectivity index is 1.47. The lowest BCUT2D eigenvalue weighted by molar-refractivity contribution is -0.115. The molecule has 0 aliphatic carbocycles. The van der Waals surface area contributed by atoms with Crippen molar-refractivity contribution in [2.45, 2.75) is 17.1 Å². The van der Waals surface area contributed by atoms with Gasteiger partial charge in [-0.15, -0.1) is 11.8 Å². The molecular weight excluding hydrogens is 592 g/mol. The number of primary amides is 1. The van der Waals surface area contributed by atoms with Gasteiger partial charge in [-0.3, -0.25) is 19.2 Å². The van der Waals surface area contributed by atoms with Gasteiger partial charge in [0.05, 0.1) is 30.7 Å². The van der Waals surface area contributed by atoms with E-state index in [4.69, 9.17) is 15.2 Å². The Morgan fingerprint density at radius 3 is 2.13 bits per heavy atom.